The Morgan fingerprint density at radius 1 is 1.16 bits per heavy atom. The maximum atomic E-state index is 6.74. The summed E-state index contributed by atoms with van der Waals surface area (Å²) in [6, 6.07) is 12.4. The van der Waals surface area contributed by atoms with Crippen LogP contribution >= 0.6 is 11.6 Å². The van der Waals surface area contributed by atoms with E-state index in [4.69, 9.17) is 27.3 Å². The summed E-state index contributed by atoms with van der Waals surface area (Å²) in [6.45, 7) is 6.46. The van der Waals surface area contributed by atoms with Gasteiger partial charge in [-0.15, -0.1) is 0 Å². The number of hydrogen-bond donors (Lipinski definition) is 3. The molecule has 1 saturated heterocycles. The number of imidazole rings is 1. The molecule has 0 spiro atoms. The molecule has 0 radical (unpaired) electrons. The van der Waals surface area contributed by atoms with Crippen molar-refractivity contribution in [2.75, 3.05) is 23.3 Å². The number of aromatic nitrogens is 6. The van der Waals surface area contributed by atoms with E-state index in [-0.39, 0.29) is 12.0 Å². The lowest BCUT2D eigenvalue weighted by molar-refractivity contribution is 0.495. The Morgan fingerprint density at radius 3 is 2.81 bits per heavy atom. The first-order valence-electron chi connectivity index (χ1n) is 12.7. The van der Waals surface area contributed by atoms with Gasteiger partial charge in [0.1, 0.15) is 0 Å². The van der Waals surface area contributed by atoms with Crippen LogP contribution in [0.4, 0.5) is 11.9 Å². The van der Waals surface area contributed by atoms with Crippen molar-refractivity contribution < 1.29 is 0 Å². The van der Waals surface area contributed by atoms with Gasteiger partial charge in [-0.05, 0) is 53.6 Å². The maximum absolute atomic E-state index is 6.74. The SMILES string of the molecule is CC(C)c1cnn2c(NCc3c(Cl)cccc3-c3ccc4nc[nH]c4c3)nc(N3CCC(N)CC3)nc12. The number of fused-ring (bicyclic) bond motifs is 2. The molecule has 0 bridgehead atoms. The van der Waals surface area contributed by atoms with E-state index in [1.54, 1.807) is 10.8 Å². The van der Waals surface area contributed by atoms with Crippen LogP contribution in [0.3, 0.4) is 0 Å². The zero-order chi connectivity index (χ0) is 25.5. The highest BCUT2D eigenvalue weighted by atomic mass is 35.5. The van der Waals surface area contributed by atoms with Crippen LogP contribution in [0, 0.1) is 0 Å². The largest absolute Gasteiger partial charge is 0.350 e. The summed E-state index contributed by atoms with van der Waals surface area (Å²) in [5, 5.41) is 8.84. The summed E-state index contributed by atoms with van der Waals surface area (Å²) in [6.07, 6.45) is 5.45. The van der Waals surface area contributed by atoms with Crippen molar-refractivity contribution in [3.05, 3.63) is 65.1 Å². The van der Waals surface area contributed by atoms with E-state index in [1.165, 1.54) is 0 Å². The number of nitrogens with one attached hydrogen (secondary N) is 2. The van der Waals surface area contributed by atoms with Crippen LogP contribution in [0.5, 0.6) is 0 Å². The molecule has 10 heteroatoms. The molecule has 1 aliphatic rings. The number of piperidine rings is 1. The van der Waals surface area contributed by atoms with Crippen molar-refractivity contribution in [2.45, 2.75) is 45.2 Å². The lowest BCUT2D eigenvalue weighted by Crippen LogP contribution is -2.40. The predicted molar refractivity (Wildman–Crippen MR) is 148 cm³/mol. The summed E-state index contributed by atoms with van der Waals surface area (Å²) < 4.78 is 1.79. The molecule has 9 nitrogen and oxygen atoms in total. The van der Waals surface area contributed by atoms with Gasteiger partial charge in [-0.1, -0.05) is 43.6 Å². The summed E-state index contributed by atoms with van der Waals surface area (Å²) in [5.74, 6) is 1.63. The van der Waals surface area contributed by atoms with Crippen LogP contribution < -0.4 is 16.0 Å². The molecule has 37 heavy (non-hydrogen) atoms. The third kappa shape index (κ3) is 4.49. The van der Waals surface area contributed by atoms with E-state index in [0.29, 0.717) is 23.5 Å². The smallest absolute Gasteiger partial charge is 0.230 e. The first-order chi connectivity index (χ1) is 18.0. The minimum Gasteiger partial charge on any atom is -0.350 e. The number of rotatable bonds is 6. The Kier molecular flexibility index (Phi) is 6.18. The van der Waals surface area contributed by atoms with Crippen molar-refractivity contribution in [3.8, 4) is 11.1 Å². The molecule has 0 unspecified atom stereocenters. The van der Waals surface area contributed by atoms with Crippen LogP contribution in [0.2, 0.25) is 5.02 Å². The van der Waals surface area contributed by atoms with Crippen molar-refractivity contribution in [3.63, 3.8) is 0 Å². The van der Waals surface area contributed by atoms with Crippen molar-refractivity contribution in [1.82, 2.24) is 29.5 Å². The highest BCUT2D eigenvalue weighted by Crippen LogP contribution is 2.32. The summed E-state index contributed by atoms with van der Waals surface area (Å²) in [4.78, 5) is 19.6. The molecule has 5 aromatic rings. The lowest BCUT2D eigenvalue weighted by Gasteiger charge is -2.30. The van der Waals surface area contributed by atoms with Crippen LogP contribution in [0.1, 0.15) is 43.7 Å². The number of H-pyrrole nitrogens is 1. The highest BCUT2D eigenvalue weighted by molar-refractivity contribution is 6.31. The number of hydrogen-bond acceptors (Lipinski definition) is 7. The number of nitrogens with two attached hydrogens (primary N) is 1. The monoisotopic (exact) mass is 515 g/mol. The van der Waals surface area contributed by atoms with Gasteiger partial charge in [0.05, 0.1) is 23.6 Å². The second kappa shape index (κ2) is 9.64. The van der Waals surface area contributed by atoms with E-state index < -0.39 is 0 Å². The van der Waals surface area contributed by atoms with Gasteiger partial charge in [0.15, 0.2) is 5.65 Å². The standard InChI is InChI=1S/C27H30ClN9/c1-16(2)20-14-33-37-25(20)34-27(36-10-8-18(29)9-11-36)35-26(37)30-13-21-19(4-3-5-22(21)28)17-6-7-23-24(12-17)32-15-31-23/h3-7,12,14-16,18H,8-11,13,29H2,1-2H3,(H,31,32)(H,30,34,35). The van der Waals surface area contributed by atoms with Gasteiger partial charge in [-0.25, -0.2) is 4.98 Å². The van der Waals surface area contributed by atoms with Gasteiger partial charge in [0.2, 0.25) is 11.9 Å². The fourth-order valence-electron chi connectivity index (χ4n) is 4.93. The van der Waals surface area contributed by atoms with Crippen LogP contribution in [-0.2, 0) is 6.54 Å². The Hall–Kier alpha value is -3.69. The number of nitrogens with zero attached hydrogens (tertiary/aromatic N) is 6. The van der Waals surface area contributed by atoms with Gasteiger partial charge in [-0.3, -0.25) is 0 Å². The zero-order valence-corrected chi connectivity index (χ0v) is 21.7. The van der Waals surface area contributed by atoms with Crippen molar-refractivity contribution >= 4 is 40.2 Å². The molecule has 0 aliphatic carbocycles. The molecule has 0 saturated carbocycles. The van der Waals surface area contributed by atoms with Crippen molar-refractivity contribution in [1.29, 1.82) is 0 Å². The Labute approximate surface area is 220 Å². The minimum atomic E-state index is 0.235. The van der Waals surface area contributed by atoms with Gasteiger partial charge < -0.3 is 20.9 Å². The van der Waals surface area contributed by atoms with Gasteiger partial charge in [-0.2, -0.15) is 19.6 Å². The first-order valence-corrected chi connectivity index (χ1v) is 13.1. The average Bonchev–Trinajstić information content (AvgIpc) is 3.55. The molecule has 190 valence electrons. The van der Waals surface area contributed by atoms with Crippen LogP contribution in [0.15, 0.2) is 48.9 Å². The molecular formula is C27H30ClN9. The normalized spacial score (nSPS) is 14.8. The van der Waals surface area contributed by atoms with E-state index >= 15 is 0 Å². The number of anilines is 2. The quantitative estimate of drug-likeness (QED) is 0.292. The Morgan fingerprint density at radius 2 is 2.00 bits per heavy atom. The number of halogens is 1. The third-order valence-corrected chi connectivity index (χ3v) is 7.46. The van der Waals surface area contributed by atoms with Gasteiger partial charge in [0, 0.05) is 36.3 Å². The lowest BCUT2D eigenvalue weighted by atomic mass is 9.99. The fourth-order valence-corrected chi connectivity index (χ4v) is 5.17. The van der Waals surface area contributed by atoms with E-state index in [1.807, 2.05) is 24.4 Å². The average molecular weight is 516 g/mol. The molecule has 4 heterocycles. The molecule has 1 aliphatic heterocycles. The molecular weight excluding hydrogens is 486 g/mol. The molecule has 2 aromatic carbocycles. The van der Waals surface area contributed by atoms with Gasteiger partial charge in [0.25, 0.3) is 0 Å². The molecule has 0 atom stereocenters. The van der Waals surface area contributed by atoms with Crippen LogP contribution in [0.25, 0.3) is 27.8 Å². The second-order valence-electron chi connectivity index (χ2n) is 9.92. The van der Waals surface area contributed by atoms with E-state index in [0.717, 1.165) is 64.9 Å². The first kappa shape index (κ1) is 23.7. The maximum Gasteiger partial charge on any atom is 0.230 e. The Balaban J connectivity index is 1.37. The fraction of sp³-hybridized carbons (Fsp3) is 0.333. The highest BCUT2D eigenvalue weighted by Gasteiger charge is 2.22. The van der Waals surface area contributed by atoms with E-state index in [9.17, 15) is 0 Å². The minimum absolute atomic E-state index is 0.235. The second-order valence-corrected chi connectivity index (χ2v) is 10.3. The molecule has 6 rings (SSSR count). The summed E-state index contributed by atoms with van der Waals surface area (Å²) >= 11 is 6.74. The topological polar surface area (TPSA) is 113 Å². The predicted octanol–water partition coefficient (Wildman–Crippen LogP) is 4.98. The third-order valence-electron chi connectivity index (χ3n) is 7.10. The molecule has 3 aromatic heterocycles. The van der Waals surface area contributed by atoms with Crippen LogP contribution in [-0.4, -0.2) is 48.7 Å². The Bertz CT molecular complexity index is 1560. The van der Waals surface area contributed by atoms with Gasteiger partial charge >= 0.3 is 0 Å². The number of benzene rings is 2. The zero-order valence-electron chi connectivity index (χ0n) is 20.9. The molecule has 1 fully saturated rings. The van der Waals surface area contributed by atoms with E-state index in [2.05, 4.69) is 57.3 Å². The summed E-state index contributed by atoms with van der Waals surface area (Å²) in [5.41, 5.74) is 13.1. The molecule has 0 amide bonds. The summed E-state index contributed by atoms with van der Waals surface area (Å²) in [7, 11) is 0. The van der Waals surface area contributed by atoms with Crippen molar-refractivity contribution in [2.24, 2.45) is 5.73 Å². The molecule has 4 N–H and O–H groups in total. The number of aromatic amines is 1.